The van der Waals surface area contributed by atoms with E-state index < -0.39 is 5.82 Å². The Morgan fingerprint density at radius 3 is 2.44 bits per heavy atom. The van der Waals surface area contributed by atoms with Crippen molar-refractivity contribution in [1.82, 2.24) is 0 Å². The first kappa shape index (κ1) is 12.6. The average molecular weight is 309 g/mol. The van der Waals surface area contributed by atoms with Crippen LogP contribution in [0, 0.1) is 5.82 Å². The second-order valence-corrected chi connectivity index (χ2v) is 4.62. The van der Waals surface area contributed by atoms with Gasteiger partial charge in [0.2, 0.25) is 0 Å². The largest absolute Gasteiger partial charge is 0.399 e. The van der Waals surface area contributed by atoms with Crippen LogP contribution in [0.5, 0.6) is 0 Å². The Bertz CT molecular complexity index is 584. The number of rotatable bonds is 2. The highest BCUT2D eigenvalue weighted by Gasteiger charge is 2.09. The Morgan fingerprint density at radius 1 is 1.17 bits per heavy atom. The van der Waals surface area contributed by atoms with Crippen LogP contribution in [0.25, 0.3) is 0 Å². The zero-order chi connectivity index (χ0) is 13.1. The molecule has 3 N–H and O–H groups in total. The zero-order valence-electron chi connectivity index (χ0n) is 9.28. The summed E-state index contributed by atoms with van der Waals surface area (Å²) in [5.41, 5.74) is 6.66. The van der Waals surface area contributed by atoms with E-state index in [0.717, 1.165) is 0 Å². The first-order valence-electron chi connectivity index (χ1n) is 5.18. The minimum atomic E-state index is -0.492. The van der Waals surface area contributed by atoms with E-state index >= 15 is 0 Å². The number of nitrogens with one attached hydrogen (secondary N) is 1. The maximum absolute atomic E-state index is 13.5. The summed E-state index contributed by atoms with van der Waals surface area (Å²) in [6.07, 6.45) is 0. The van der Waals surface area contributed by atoms with Gasteiger partial charge in [0.05, 0.1) is 5.69 Å². The van der Waals surface area contributed by atoms with Crippen LogP contribution in [0.15, 0.2) is 46.9 Å². The maximum atomic E-state index is 13.5. The van der Waals surface area contributed by atoms with E-state index in [1.165, 1.54) is 12.1 Å². The van der Waals surface area contributed by atoms with Gasteiger partial charge in [-0.3, -0.25) is 4.79 Å². The standard InChI is InChI=1S/C13H10BrFN2O/c14-9-3-6-12(11(15)7-9)17-13(18)8-1-4-10(16)5-2-8/h1-7H,16H2,(H,17,18). The molecule has 0 saturated heterocycles. The molecular formula is C13H10BrFN2O. The second-order valence-electron chi connectivity index (χ2n) is 3.70. The normalized spacial score (nSPS) is 10.1. The molecule has 1 amide bonds. The summed E-state index contributed by atoms with van der Waals surface area (Å²) >= 11 is 3.15. The molecule has 0 atom stereocenters. The average Bonchev–Trinajstić information content (AvgIpc) is 2.33. The number of nitrogen functional groups attached to an aromatic ring is 1. The van der Waals surface area contributed by atoms with Crippen molar-refractivity contribution in [1.29, 1.82) is 0 Å². The van der Waals surface area contributed by atoms with Crippen molar-refractivity contribution in [2.45, 2.75) is 0 Å². The number of carbonyl (C=O) groups excluding carboxylic acids is 1. The summed E-state index contributed by atoms with van der Waals surface area (Å²) in [7, 11) is 0. The maximum Gasteiger partial charge on any atom is 0.255 e. The third kappa shape index (κ3) is 2.87. The van der Waals surface area contributed by atoms with E-state index in [-0.39, 0.29) is 11.6 Å². The second kappa shape index (κ2) is 5.18. The van der Waals surface area contributed by atoms with Crippen molar-refractivity contribution in [3.63, 3.8) is 0 Å². The molecule has 0 aliphatic rings. The van der Waals surface area contributed by atoms with Crippen LogP contribution < -0.4 is 11.1 Å². The molecule has 92 valence electrons. The number of amides is 1. The molecule has 0 unspecified atom stereocenters. The van der Waals surface area contributed by atoms with Gasteiger partial charge in [0.1, 0.15) is 5.82 Å². The van der Waals surface area contributed by atoms with Gasteiger partial charge in [-0.2, -0.15) is 0 Å². The van der Waals surface area contributed by atoms with Crippen molar-refractivity contribution in [3.8, 4) is 0 Å². The lowest BCUT2D eigenvalue weighted by Crippen LogP contribution is -2.12. The van der Waals surface area contributed by atoms with E-state index in [9.17, 15) is 9.18 Å². The summed E-state index contributed by atoms with van der Waals surface area (Å²) in [6.45, 7) is 0. The Kier molecular flexibility index (Phi) is 3.62. The van der Waals surface area contributed by atoms with Crippen LogP contribution in [0.1, 0.15) is 10.4 Å². The third-order valence-electron chi connectivity index (χ3n) is 2.35. The molecule has 0 radical (unpaired) electrons. The van der Waals surface area contributed by atoms with Gasteiger partial charge < -0.3 is 11.1 Å². The number of carbonyl (C=O) groups is 1. The number of hydrogen-bond donors (Lipinski definition) is 2. The SMILES string of the molecule is Nc1ccc(C(=O)Nc2ccc(Br)cc2F)cc1. The Balaban J connectivity index is 2.18. The summed E-state index contributed by atoms with van der Waals surface area (Å²) in [6, 6.07) is 10.8. The monoisotopic (exact) mass is 308 g/mol. The minimum absolute atomic E-state index is 0.139. The Morgan fingerprint density at radius 2 is 1.83 bits per heavy atom. The van der Waals surface area contributed by atoms with Gasteiger partial charge in [0.15, 0.2) is 0 Å². The molecule has 2 aromatic carbocycles. The number of benzene rings is 2. The fraction of sp³-hybridized carbons (Fsp3) is 0. The molecule has 3 nitrogen and oxygen atoms in total. The fourth-order valence-corrected chi connectivity index (χ4v) is 1.75. The van der Waals surface area contributed by atoms with Gasteiger partial charge in [-0.05, 0) is 42.5 Å². The molecule has 18 heavy (non-hydrogen) atoms. The fourth-order valence-electron chi connectivity index (χ4n) is 1.42. The Labute approximate surface area is 112 Å². The van der Waals surface area contributed by atoms with Gasteiger partial charge >= 0.3 is 0 Å². The van der Waals surface area contributed by atoms with Crippen molar-refractivity contribution in [3.05, 3.63) is 58.3 Å². The smallest absolute Gasteiger partial charge is 0.255 e. The third-order valence-corrected chi connectivity index (χ3v) is 2.85. The molecule has 0 fully saturated rings. The van der Waals surface area contributed by atoms with Gasteiger partial charge in [-0.15, -0.1) is 0 Å². The van der Waals surface area contributed by atoms with Crippen LogP contribution in [-0.2, 0) is 0 Å². The molecule has 0 aliphatic carbocycles. The van der Waals surface area contributed by atoms with Crippen LogP contribution in [-0.4, -0.2) is 5.91 Å². The molecule has 0 aromatic heterocycles. The summed E-state index contributed by atoms with van der Waals surface area (Å²) in [5.74, 6) is -0.871. The van der Waals surface area contributed by atoms with Crippen molar-refractivity contribution in [2.75, 3.05) is 11.1 Å². The van der Waals surface area contributed by atoms with E-state index in [4.69, 9.17) is 5.73 Å². The molecule has 0 spiro atoms. The molecule has 0 heterocycles. The summed E-state index contributed by atoms with van der Waals surface area (Å²) in [5, 5.41) is 2.50. The summed E-state index contributed by atoms with van der Waals surface area (Å²) in [4.78, 5) is 11.8. The quantitative estimate of drug-likeness (QED) is 0.835. The van der Waals surface area contributed by atoms with E-state index in [2.05, 4.69) is 21.2 Å². The van der Waals surface area contributed by atoms with E-state index in [1.807, 2.05) is 0 Å². The lowest BCUT2D eigenvalue weighted by Gasteiger charge is -2.06. The van der Waals surface area contributed by atoms with Gasteiger partial charge in [-0.1, -0.05) is 15.9 Å². The highest BCUT2D eigenvalue weighted by Crippen LogP contribution is 2.20. The number of hydrogen-bond acceptors (Lipinski definition) is 2. The topological polar surface area (TPSA) is 55.1 Å². The number of anilines is 2. The molecule has 0 bridgehead atoms. The highest BCUT2D eigenvalue weighted by molar-refractivity contribution is 9.10. The molecular weight excluding hydrogens is 299 g/mol. The molecule has 5 heteroatoms. The zero-order valence-corrected chi connectivity index (χ0v) is 10.9. The van der Waals surface area contributed by atoms with Gasteiger partial charge in [0, 0.05) is 15.7 Å². The van der Waals surface area contributed by atoms with Gasteiger partial charge in [-0.25, -0.2) is 4.39 Å². The van der Waals surface area contributed by atoms with Crippen molar-refractivity contribution < 1.29 is 9.18 Å². The lowest BCUT2D eigenvalue weighted by atomic mass is 10.2. The molecule has 2 aromatic rings. The molecule has 0 saturated carbocycles. The Hall–Kier alpha value is -1.88. The first-order chi connectivity index (χ1) is 8.56. The van der Waals surface area contributed by atoms with Crippen LogP contribution >= 0.6 is 15.9 Å². The first-order valence-corrected chi connectivity index (χ1v) is 5.97. The molecule has 2 rings (SSSR count). The van der Waals surface area contributed by atoms with Crippen molar-refractivity contribution >= 4 is 33.2 Å². The van der Waals surface area contributed by atoms with E-state index in [0.29, 0.717) is 15.7 Å². The number of halogens is 2. The van der Waals surface area contributed by atoms with Crippen LogP contribution in [0.2, 0.25) is 0 Å². The van der Waals surface area contributed by atoms with Gasteiger partial charge in [0.25, 0.3) is 5.91 Å². The number of nitrogens with two attached hydrogens (primary N) is 1. The van der Waals surface area contributed by atoms with Crippen LogP contribution in [0.4, 0.5) is 15.8 Å². The summed E-state index contributed by atoms with van der Waals surface area (Å²) < 4.78 is 14.1. The predicted molar refractivity (Wildman–Crippen MR) is 72.9 cm³/mol. The van der Waals surface area contributed by atoms with E-state index in [1.54, 1.807) is 30.3 Å². The molecule has 0 aliphatic heterocycles. The van der Waals surface area contributed by atoms with Crippen LogP contribution in [0.3, 0.4) is 0 Å². The van der Waals surface area contributed by atoms with Crippen molar-refractivity contribution in [2.24, 2.45) is 0 Å². The highest BCUT2D eigenvalue weighted by atomic mass is 79.9. The predicted octanol–water partition coefficient (Wildman–Crippen LogP) is 3.42. The minimum Gasteiger partial charge on any atom is -0.399 e. The lowest BCUT2D eigenvalue weighted by molar-refractivity contribution is 0.102.